The summed E-state index contributed by atoms with van der Waals surface area (Å²) in [4.78, 5) is 50.6. The van der Waals surface area contributed by atoms with E-state index < -0.39 is 48.6 Å². The number of amides is 4. The van der Waals surface area contributed by atoms with Gasteiger partial charge >= 0.3 is 6.03 Å². The Bertz CT molecular complexity index is 1180. The third-order valence-corrected chi connectivity index (χ3v) is 6.69. The van der Waals surface area contributed by atoms with Gasteiger partial charge in [0, 0.05) is 24.1 Å². The van der Waals surface area contributed by atoms with Crippen LogP contribution in [-0.4, -0.2) is 46.5 Å². The van der Waals surface area contributed by atoms with E-state index in [0.29, 0.717) is 5.56 Å². The molecule has 170 valence electrons. The van der Waals surface area contributed by atoms with Gasteiger partial charge in [-0.05, 0) is 35.6 Å². The van der Waals surface area contributed by atoms with E-state index in [0.717, 1.165) is 27.3 Å². The predicted molar refractivity (Wildman–Crippen MR) is 115 cm³/mol. The Morgan fingerprint density at radius 3 is 2.36 bits per heavy atom. The Labute approximate surface area is 188 Å². The number of hydrogen-bond donors (Lipinski definition) is 2. The molecule has 5 rings (SSSR count). The summed E-state index contributed by atoms with van der Waals surface area (Å²) in [6, 6.07) is 11.6. The zero-order valence-corrected chi connectivity index (χ0v) is 17.6. The van der Waals surface area contributed by atoms with E-state index >= 15 is 0 Å². The maximum atomic E-state index is 13.5. The number of ketones is 1. The molecule has 2 aliphatic heterocycles. The average molecular weight is 453 g/mol. The summed E-state index contributed by atoms with van der Waals surface area (Å²) in [5.41, 5.74) is 2.35. The first-order valence-electron chi connectivity index (χ1n) is 10.7. The molecule has 0 radical (unpaired) electrons. The molecule has 33 heavy (non-hydrogen) atoms. The van der Waals surface area contributed by atoms with Gasteiger partial charge in [0.1, 0.15) is 5.54 Å². The minimum Gasteiger partial charge on any atom is -0.326 e. The van der Waals surface area contributed by atoms with Crippen molar-refractivity contribution in [3.05, 3.63) is 53.6 Å². The van der Waals surface area contributed by atoms with Gasteiger partial charge in [0.2, 0.25) is 11.8 Å². The number of alkyl halides is 2. The highest BCUT2D eigenvalue weighted by Gasteiger charge is 2.55. The number of halogens is 2. The number of carbonyl (C=O) groups is 4. The van der Waals surface area contributed by atoms with E-state index in [1.807, 2.05) is 18.2 Å². The summed E-state index contributed by atoms with van der Waals surface area (Å²) in [6.45, 7) is -0.457. The molecular weight excluding hydrogens is 432 g/mol. The fourth-order valence-corrected chi connectivity index (χ4v) is 4.79. The molecule has 1 saturated carbocycles. The van der Waals surface area contributed by atoms with Crippen LogP contribution in [0.2, 0.25) is 0 Å². The molecule has 0 bridgehead atoms. The number of Topliss-reactive ketones (excluding diaryl/α,β-unsaturated/α-hetero) is 1. The number of rotatable bonds is 4. The lowest BCUT2D eigenvalue weighted by Crippen LogP contribution is -2.51. The van der Waals surface area contributed by atoms with Crippen molar-refractivity contribution < 1.29 is 28.0 Å². The number of nitrogens with one attached hydrogen (secondary N) is 2. The van der Waals surface area contributed by atoms with Crippen molar-refractivity contribution >= 4 is 29.3 Å². The highest BCUT2D eigenvalue weighted by molar-refractivity contribution is 6.11. The Hall–Kier alpha value is -3.62. The second-order valence-corrected chi connectivity index (χ2v) is 8.82. The smallest absolute Gasteiger partial charge is 0.325 e. The lowest BCUT2D eigenvalue weighted by Gasteiger charge is -2.34. The van der Waals surface area contributed by atoms with Gasteiger partial charge in [0.05, 0.1) is 13.0 Å². The van der Waals surface area contributed by atoms with Crippen LogP contribution in [0.4, 0.5) is 19.3 Å². The van der Waals surface area contributed by atoms with E-state index in [2.05, 4.69) is 10.6 Å². The van der Waals surface area contributed by atoms with Crippen molar-refractivity contribution in [3.63, 3.8) is 0 Å². The van der Waals surface area contributed by atoms with Crippen LogP contribution in [-0.2, 0) is 16.0 Å². The Morgan fingerprint density at radius 1 is 0.970 bits per heavy atom. The molecule has 2 N–H and O–H groups in total. The van der Waals surface area contributed by atoms with Crippen molar-refractivity contribution in [1.82, 2.24) is 10.2 Å². The first-order valence-corrected chi connectivity index (χ1v) is 10.7. The van der Waals surface area contributed by atoms with E-state index in [1.165, 1.54) is 0 Å². The van der Waals surface area contributed by atoms with Gasteiger partial charge < -0.3 is 10.6 Å². The Morgan fingerprint density at radius 2 is 1.67 bits per heavy atom. The van der Waals surface area contributed by atoms with E-state index in [4.69, 9.17) is 0 Å². The standard InChI is InChI=1S/C24H21F2N3O4/c25-24(26)10-8-23(9-11-24)21(32)29(22(33)28-23)13-19(30)15-6-4-14(5-7-15)16-2-1-3-18-17(16)12-20(31)27-18/h1-7H,8-13H2,(H,27,31)(H,28,33). The quantitative estimate of drug-likeness (QED) is 0.547. The molecule has 1 aliphatic carbocycles. The number of hydrogen-bond acceptors (Lipinski definition) is 4. The maximum absolute atomic E-state index is 13.5. The van der Waals surface area contributed by atoms with Gasteiger partial charge in [0.15, 0.2) is 5.78 Å². The molecule has 2 heterocycles. The fourth-order valence-electron chi connectivity index (χ4n) is 4.79. The number of imide groups is 1. The van der Waals surface area contributed by atoms with Gasteiger partial charge in [-0.1, -0.05) is 36.4 Å². The van der Waals surface area contributed by atoms with Crippen LogP contribution in [0.3, 0.4) is 0 Å². The van der Waals surface area contributed by atoms with E-state index in [1.54, 1.807) is 24.3 Å². The number of urea groups is 1. The number of carbonyl (C=O) groups excluding carboxylic acids is 4. The summed E-state index contributed by atoms with van der Waals surface area (Å²) in [5.74, 6) is -3.97. The molecule has 0 unspecified atom stereocenters. The van der Waals surface area contributed by atoms with Crippen molar-refractivity contribution in [2.24, 2.45) is 0 Å². The molecule has 2 aromatic rings. The molecule has 2 aromatic carbocycles. The van der Waals surface area contributed by atoms with Crippen LogP contribution in [0.5, 0.6) is 0 Å². The molecule has 3 aliphatic rings. The minimum absolute atomic E-state index is 0.0720. The fraction of sp³-hybridized carbons (Fsp3) is 0.333. The average Bonchev–Trinajstić information content (AvgIpc) is 3.28. The monoisotopic (exact) mass is 453 g/mol. The first-order chi connectivity index (χ1) is 15.7. The minimum atomic E-state index is -2.84. The normalized spacial score (nSPS) is 20.5. The lowest BCUT2D eigenvalue weighted by atomic mass is 9.80. The van der Waals surface area contributed by atoms with Crippen molar-refractivity contribution in [2.75, 3.05) is 11.9 Å². The summed E-state index contributed by atoms with van der Waals surface area (Å²) >= 11 is 0. The molecule has 4 amide bonds. The molecule has 1 spiro atoms. The Balaban J connectivity index is 1.30. The predicted octanol–water partition coefficient (Wildman–Crippen LogP) is 3.53. The van der Waals surface area contributed by atoms with E-state index in [-0.39, 0.29) is 25.2 Å². The summed E-state index contributed by atoms with van der Waals surface area (Å²) in [6.07, 6.45) is -0.976. The second-order valence-electron chi connectivity index (χ2n) is 8.82. The third-order valence-electron chi connectivity index (χ3n) is 6.69. The summed E-state index contributed by atoms with van der Waals surface area (Å²) in [5, 5.41) is 5.35. The van der Waals surface area contributed by atoms with Crippen molar-refractivity contribution in [2.45, 2.75) is 43.6 Å². The maximum Gasteiger partial charge on any atom is 0.325 e. The molecular formula is C24H21F2N3O4. The molecule has 0 aromatic heterocycles. The second kappa shape index (κ2) is 7.47. The van der Waals surface area contributed by atoms with Gasteiger partial charge in [-0.3, -0.25) is 19.3 Å². The highest BCUT2D eigenvalue weighted by Crippen LogP contribution is 2.41. The molecule has 0 atom stereocenters. The summed E-state index contributed by atoms with van der Waals surface area (Å²) < 4.78 is 27.1. The van der Waals surface area contributed by atoms with Gasteiger partial charge in [0.25, 0.3) is 5.91 Å². The molecule has 7 nitrogen and oxygen atoms in total. The number of fused-ring (bicyclic) bond motifs is 1. The first kappa shape index (κ1) is 21.2. The number of anilines is 1. The zero-order valence-electron chi connectivity index (χ0n) is 17.6. The van der Waals surface area contributed by atoms with Crippen LogP contribution < -0.4 is 10.6 Å². The van der Waals surface area contributed by atoms with Crippen molar-refractivity contribution in [3.8, 4) is 11.1 Å². The third kappa shape index (κ3) is 3.67. The largest absolute Gasteiger partial charge is 0.326 e. The molecule has 1 saturated heterocycles. The molecule has 2 fully saturated rings. The van der Waals surface area contributed by atoms with Crippen LogP contribution in [0.1, 0.15) is 41.6 Å². The van der Waals surface area contributed by atoms with Crippen LogP contribution in [0, 0.1) is 0 Å². The van der Waals surface area contributed by atoms with Gasteiger partial charge in [-0.25, -0.2) is 13.6 Å². The summed E-state index contributed by atoms with van der Waals surface area (Å²) in [7, 11) is 0. The number of nitrogens with zero attached hydrogens (tertiary/aromatic N) is 1. The molecule has 9 heteroatoms. The zero-order chi connectivity index (χ0) is 23.4. The Kier molecular flexibility index (Phi) is 4.81. The van der Waals surface area contributed by atoms with Gasteiger partial charge in [-0.15, -0.1) is 0 Å². The van der Waals surface area contributed by atoms with Crippen LogP contribution in [0.15, 0.2) is 42.5 Å². The van der Waals surface area contributed by atoms with E-state index in [9.17, 15) is 28.0 Å². The highest BCUT2D eigenvalue weighted by atomic mass is 19.3. The van der Waals surface area contributed by atoms with Crippen LogP contribution in [0.25, 0.3) is 11.1 Å². The lowest BCUT2D eigenvalue weighted by molar-refractivity contribution is -0.135. The van der Waals surface area contributed by atoms with Gasteiger partial charge in [-0.2, -0.15) is 0 Å². The SMILES string of the molecule is O=C1Cc2c(cccc2-c2ccc(C(=O)CN3C(=O)NC4(CCC(F)(F)CC4)C3=O)cc2)N1. The van der Waals surface area contributed by atoms with Crippen LogP contribution >= 0.6 is 0 Å². The topological polar surface area (TPSA) is 95.6 Å². The number of benzene rings is 2. The van der Waals surface area contributed by atoms with Crippen molar-refractivity contribution in [1.29, 1.82) is 0 Å².